The van der Waals surface area contributed by atoms with Gasteiger partial charge in [-0.3, -0.25) is 28.8 Å². The zero-order chi connectivity index (χ0) is 29.3. The van der Waals surface area contributed by atoms with Gasteiger partial charge in [0.2, 0.25) is 35.4 Å². The van der Waals surface area contributed by atoms with Gasteiger partial charge in [-0.1, -0.05) is 0 Å². The third kappa shape index (κ3) is 8.81. The van der Waals surface area contributed by atoms with Crippen LogP contribution in [-0.4, -0.2) is 112 Å². The van der Waals surface area contributed by atoms with Gasteiger partial charge in [-0.15, -0.1) is 0 Å². The molecule has 2 fully saturated rings. The molecule has 2 aliphatic rings. The highest BCUT2D eigenvalue weighted by atomic mass is 32.2. The van der Waals surface area contributed by atoms with Crippen LogP contribution in [-0.2, 0) is 33.6 Å². The molecule has 2 rings (SSSR count). The molecule has 6 amide bonds. The molecular weight excluding hydrogens is 534 g/mol. The van der Waals surface area contributed by atoms with Crippen LogP contribution in [0.5, 0.6) is 0 Å². The largest absolute Gasteiger partial charge is 0.480 e. The van der Waals surface area contributed by atoms with Crippen molar-refractivity contribution in [1.82, 2.24) is 20.4 Å². The van der Waals surface area contributed by atoms with E-state index < -0.39 is 84.5 Å². The molecular formula is C23H37N7O8S. The van der Waals surface area contributed by atoms with Crippen molar-refractivity contribution in [2.24, 2.45) is 17.2 Å². The van der Waals surface area contributed by atoms with Gasteiger partial charge in [-0.25, -0.2) is 4.79 Å². The van der Waals surface area contributed by atoms with E-state index >= 15 is 0 Å². The van der Waals surface area contributed by atoms with E-state index in [1.54, 1.807) is 0 Å². The van der Waals surface area contributed by atoms with Crippen molar-refractivity contribution in [3.05, 3.63) is 0 Å². The predicted molar refractivity (Wildman–Crippen MR) is 140 cm³/mol. The van der Waals surface area contributed by atoms with Gasteiger partial charge < -0.3 is 42.7 Å². The third-order valence-corrected chi connectivity index (χ3v) is 7.31. The van der Waals surface area contributed by atoms with Crippen LogP contribution in [0.4, 0.5) is 0 Å². The number of hydrogen-bond donors (Lipinski definition) is 6. The number of nitrogens with zero attached hydrogens (tertiary/aromatic N) is 2. The van der Waals surface area contributed by atoms with Crippen LogP contribution >= 0.6 is 11.8 Å². The third-order valence-electron chi connectivity index (χ3n) is 6.67. The number of nitrogens with one attached hydrogen (secondary N) is 2. The Morgan fingerprint density at radius 1 is 0.872 bits per heavy atom. The first-order valence-electron chi connectivity index (χ1n) is 12.6. The van der Waals surface area contributed by atoms with Gasteiger partial charge in [0.05, 0.1) is 18.9 Å². The highest BCUT2D eigenvalue weighted by Gasteiger charge is 2.40. The van der Waals surface area contributed by atoms with Crippen LogP contribution in [0.15, 0.2) is 0 Å². The van der Waals surface area contributed by atoms with E-state index in [2.05, 4.69) is 10.6 Å². The Morgan fingerprint density at radius 2 is 1.41 bits per heavy atom. The standard InChI is InChI=1S/C23H37N7O8S/c1-39-9-6-12(24)21(35)29-7-2-4-15(29)20(34)27-13(10-17(25)31)19(33)28-14(11-18(26)32)22(36)30-8-3-5-16(30)23(37)38/h12-16H,2-11,24H2,1H3,(H2,25,31)(H2,26,32)(H,27,34)(H,28,33)(H,37,38)/t12-,13-,14-,15-,16-/m0/s1. The molecule has 9 N–H and O–H groups in total. The maximum Gasteiger partial charge on any atom is 0.326 e. The average molecular weight is 572 g/mol. The Balaban J connectivity index is 2.17. The molecule has 0 saturated carbocycles. The summed E-state index contributed by atoms with van der Waals surface area (Å²) in [6, 6.07) is -5.91. The first-order valence-corrected chi connectivity index (χ1v) is 14.0. The first kappa shape index (κ1) is 31.8. The van der Waals surface area contributed by atoms with Crippen LogP contribution in [0, 0.1) is 0 Å². The maximum absolute atomic E-state index is 13.1. The van der Waals surface area contributed by atoms with Gasteiger partial charge in [0.15, 0.2) is 0 Å². The summed E-state index contributed by atoms with van der Waals surface area (Å²) < 4.78 is 0. The van der Waals surface area contributed by atoms with Crippen molar-refractivity contribution < 1.29 is 38.7 Å². The number of carboxylic acid groups (broad SMARTS) is 1. The Kier molecular flexibility index (Phi) is 12.0. The van der Waals surface area contributed by atoms with E-state index in [-0.39, 0.29) is 13.0 Å². The minimum atomic E-state index is -1.53. The van der Waals surface area contributed by atoms with Crippen LogP contribution < -0.4 is 27.8 Å². The fourth-order valence-electron chi connectivity index (χ4n) is 4.72. The summed E-state index contributed by atoms with van der Waals surface area (Å²) in [6.07, 6.45) is 2.49. The lowest BCUT2D eigenvalue weighted by Gasteiger charge is -2.29. The summed E-state index contributed by atoms with van der Waals surface area (Å²) in [7, 11) is 0. The van der Waals surface area contributed by atoms with E-state index in [1.807, 2.05) is 6.26 Å². The molecule has 0 unspecified atom stereocenters. The van der Waals surface area contributed by atoms with Gasteiger partial charge in [0.1, 0.15) is 24.2 Å². The smallest absolute Gasteiger partial charge is 0.326 e. The Morgan fingerprint density at radius 3 is 1.95 bits per heavy atom. The summed E-state index contributed by atoms with van der Waals surface area (Å²) in [5.41, 5.74) is 16.5. The molecule has 0 spiro atoms. The van der Waals surface area contributed by atoms with Crippen molar-refractivity contribution in [1.29, 1.82) is 0 Å². The SMILES string of the molecule is CSCC[C@H](N)C(=O)N1CCC[C@H]1C(=O)N[C@@H](CC(N)=O)C(=O)N[C@@H](CC(N)=O)C(=O)N1CCC[C@H]1C(=O)O. The molecule has 0 aliphatic carbocycles. The molecule has 0 aromatic carbocycles. The molecule has 2 aliphatic heterocycles. The lowest BCUT2D eigenvalue weighted by atomic mass is 10.1. The number of carbonyl (C=O) groups is 7. The van der Waals surface area contributed by atoms with Crippen LogP contribution in [0.1, 0.15) is 44.9 Å². The summed E-state index contributed by atoms with van der Waals surface area (Å²) in [5.74, 6) is -5.37. The number of primary amides is 2. The van der Waals surface area contributed by atoms with Crippen molar-refractivity contribution in [3.8, 4) is 0 Å². The maximum atomic E-state index is 13.1. The van der Waals surface area contributed by atoms with E-state index in [1.165, 1.54) is 16.7 Å². The van der Waals surface area contributed by atoms with Gasteiger partial charge in [-0.2, -0.15) is 11.8 Å². The lowest BCUT2D eigenvalue weighted by molar-refractivity contribution is -0.149. The van der Waals surface area contributed by atoms with Crippen LogP contribution in [0.3, 0.4) is 0 Å². The second-order valence-corrected chi connectivity index (χ2v) is 10.6. The predicted octanol–water partition coefficient (Wildman–Crippen LogP) is -3.15. The summed E-state index contributed by atoms with van der Waals surface area (Å²) in [6.45, 7) is 0.402. The van der Waals surface area contributed by atoms with E-state index in [0.29, 0.717) is 38.0 Å². The molecule has 0 aromatic rings. The van der Waals surface area contributed by atoms with Crippen LogP contribution in [0.25, 0.3) is 0 Å². The van der Waals surface area contributed by atoms with E-state index in [9.17, 15) is 38.7 Å². The van der Waals surface area contributed by atoms with Crippen molar-refractivity contribution in [3.63, 3.8) is 0 Å². The quantitative estimate of drug-likeness (QED) is 0.122. The minimum Gasteiger partial charge on any atom is -0.480 e. The molecule has 0 bridgehead atoms. The number of nitrogens with two attached hydrogens (primary N) is 3. The van der Waals surface area contributed by atoms with Crippen LogP contribution in [0.2, 0.25) is 0 Å². The molecule has 218 valence electrons. The average Bonchev–Trinajstić information content (AvgIpc) is 3.55. The number of carboxylic acids is 1. The fourth-order valence-corrected chi connectivity index (χ4v) is 5.21. The number of rotatable bonds is 14. The fraction of sp³-hybridized carbons (Fsp3) is 0.696. The van der Waals surface area contributed by atoms with Crippen molar-refractivity contribution in [2.75, 3.05) is 25.1 Å². The Hall–Kier alpha value is -3.40. The zero-order valence-electron chi connectivity index (χ0n) is 21.8. The Labute approximate surface area is 229 Å². The molecule has 16 heteroatoms. The Bertz CT molecular complexity index is 980. The molecule has 0 aromatic heterocycles. The number of likely N-dealkylation sites (tertiary alicyclic amines) is 2. The second-order valence-electron chi connectivity index (χ2n) is 9.57. The molecule has 39 heavy (non-hydrogen) atoms. The van der Waals surface area contributed by atoms with Gasteiger partial charge in [0, 0.05) is 13.1 Å². The highest BCUT2D eigenvalue weighted by molar-refractivity contribution is 7.98. The van der Waals surface area contributed by atoms with E-state index in [0.717, 1.165) is 4.90 Å². The van der Waals surface area contributed by atoms with Gasteiger partial charge in [-0.05, 0) is 44.1 Å². The van der Waals surface area contributed by atoms with E-state index in [4.69, 9.17) is 17.2 Å². The summed E-state index contributed by atoms with van der Waals surface area (Å²) >= 11 is 1.53. The number of aliphatic carboxylic acids is 1. The first-order chi connectivity index (χ1) is 18.4. The molecule has 2 heterocycles. The minimum absolute atomic E-state index is 0.104. The van der Waals surface area contributed by atoms with Gasteiger partial charge >= 0.3 is 5.97 Å². The number of hydrogen-bond acceptors (Lipinski definition) is 9. The monoisotopic (exact) mass is 571 g/mol. The normalized spacial score (nSPS) is 21.1. The number of amides is 6. The molecule has 2 saturated heterocycles. The molecule has 5 atom stereocenters. The van der Waals surface area contributed by atoms with Crippen molar-refractivity contribution in [2.45, 2.75) is 75.2 Å². The summed E-state index contributed by atoms with van der Waals surface area (Å²) in [5, 5.41) is 14.1. The van der Waals surface area contributed by atoms with Gasteiger partial charge in [0.25, 0.3) is 0 Å². The topological polar surface area (TPSA) is 248 Å². The summed E-state index contributed by atoms with van der Waals surface area (Å²) in [4.78, 5) is 89.4. The zero-order valence-corrected chi connectivity index (χ0v) is 22.6. The second kappa shape index (κ2) is 14.7. The van der Waals surface area contributed by atoms with Crippen molar-refractivity contribution >= 4 is 53.2 Å². The lowest BCUT2D eigenvalue weighted by Crippen LogP contribution is -2.59. The molecule has 0 radical (unpaired) electrons. The number of thioether (sulfide) groups is 1. The highest BCUT2D eigenvalue weighted by Crippen LogP contribution is 2.21. The molecule has 15 nitrogen and oxygen atoms in total. The number of carbonyl (C=O) groups excluding carboxylic acids is 6.